The maximum atomic E-state index is 12.9. The molecule has 4 rings (SSSR count). The summed E-state index contributed by atoms with van der Waals surface area (Å²) in [6.07, 6.45) is 3.71. The van der Waals surface area contributed by atoms with E-state index in [1.807, 2.05) is 25.5 Å². The molecule has 2 aliphatic heterocycles. The first-order chi connectivity index (χ1) is 13.7. The zero-order valence-corrected chi connectivity index (χ0v) is 17.0. The molecular formula is C19H28N6O4. The normalized spacial score (nSPS) is 25.3. The van der Waals surface area contributed by atoms with E-state index < -0.39 is 5.60 Å². The third-order valence-corrected chi connectivity index (χ3v) is 5.75. The fraction of sp³-hybridized carbons (Fsp3) is 0.684. The summed E-state index contributed by atoms with van der Waals surface area (Å²) in [5.74, 6) is 0.0612. The van der Waals surface area contributed by atoms with Crippen LogP contribution in [0.3, 0.4) is 0 Å². The van der Waals surface area contributed by atoms with Crippen LogP contribution in [0, 0.1) is 11.8 Å². The SMILES string of the molecule is CC(C)(C)OC(=O)N1Cc2c(N3CC(/C(N)=N/O)CC3=O)cnn2CC1C1CC1. The van der Waals surface area contributed by atoms with Crippen molar-refractivity contribution in [1.82, 2.24) is 14.7 Å². The van der Waals surface area contributed by atoms with Crippen LogP contribution in [-0.2, 0) is 22.6 Å². The van der Waals surface area contributed by atoms with Crippen LogP contribution in [0.1, 0.15) is 45.7 Å². The van der Waals surface area contributed by atoms with Gasteiger partial charge in [0.05, 0.1) is 36.7 Å². The topological polar surface area (TPSA) is 126 Å². The zero-order chi connectivity index (χ0) is 20.9. The lowest BCUT2D eigenvalue weighted by Gasteiger charge is -2.38. The highest BCUT2D eigenvalue weighted by atomic mass is 16.6. The molecule has 29 heavy (non-hydrogen) atoms. The Bertz CT molecular complexity index is 853. The molecule has 0 spiro atoms. The van der Waals surface area contributed by atoms with E-state index in [0.717, 1.165) is 18.5 Å². The lowest BCUT2D eigenvalue weighted by atomic mass is 10.1. The van der Waals surface area contributed by atoms with Gasteiger partial charge in [-0.25, -0.2) is 4.79 Å². The number of hydrogen-bond donors (Lipinski definition) is 2. The van der Waals surface area contributed by atoms with Gasteiger partial charge in [-0.2, -0.15) is 5.10 Å². The van der Waals surface area contributed by atoms with Crippen molar-refractivity contribution < 1.29 is 19.5 Å². The van der Waals surface area contributed by atoms with Gasteiger partial charge in [0.1, 0.15) is 11.4 Å². The molecule has 1 aromatic heterocycles. The minimum absolute atomic E-state index is 0.0456. The number of fused-ring (bicyclic) bond motifs is 1. The molecule has 0 aromatic carbocycles. The molecule has 0 bridgehead atoms. The van der Waals surface area contributed by atoms with Crippen molar-refractivity contribution in [1.29, 1.82) is 0 Å². The fourth-order valence-electron chi connectivity index (χ4n) is 4.13. The average molecular weight is 404 g/mol. The Balaban J connectivity index is 1.60. The third-order valence-electron chi connectivity index (χ3n) is 5.75. The van der Waals surface area contributed by atoms with Crippen LogP contribution in [0.4, 0.5) is 10.5 Å². The molecule has 3 aliphatic rings. The molecule has 3 heterocycles. The first-order valence-corrected chi connectivity index (χ1v) is 10.00. The molecule has 10 nitrogen and oxygen atoms in total. The Morgan fingerprint density at radius 1 is 1.34 bits per heavy atom. The smallest absolute Gasteiger partial charge is 0.410 e. The summed E-state index contributed by atoms with van der Waals surface area (Å²) in [5, 5.41) is 16.5. The van der Waals surface area contributed by atoms with Gasteiger partial charge in [0, 0.05) is 18.9 Å². The number of nitrogens with two attached hydrogens (primary N) is 1. The molecule has 1 saturated heterocycles. The van der Waals surface area contributed by atoms with Gasteiger partial charge in [-0.1, -0.05) is 5.16 Å². The molecule has 2 atom stereocenters. The average Bonchev–Trinajstić information content (AvgIpc) is 3.31. The molecular weight excluding hydrogens is 376 g/mol. The Labute approximate surface area is 169 Å². The first-order valence-electron chi connectivity index (χ1n) is 10.00. The standard InChI is InChI=1S/C19H28N6O4/c1-19(2,3)29-18(27)24-9-15-13(7-21-25(15)10-14(24)11-4-5-11)23-8-12(6-16(23)26)17(20)22-28/h7,11-12,14,28H,4-6,8-10H2,1-3H3,(H2,20,22). The van der Waals surface area contributed by atoms with Gasteiger partial charge in [-0.3, -0.25) is 14.4 Å². The lowest BCUT2D eigenvalue weighted by Crippen LogP contribution is -2.49. The van der Waals surface area contributed by atoms with E-state index in [-0.39, 0.29) is 36.2 Å². The number of carbonyl (C=O) groups excluding carboxylic acids is 2. The van der Waals surface area contributed by atoms with Crippen LogP contribution in [0.25, 0.3) is 0 Å². The zero-order valence-electron chi connectivity index (χ0n) is 17.0. The van der Waals surface area contributed by atoms with Crippen LogP contribution in [0.15, 0.2) is 11.4 Å². The van der Waals surface area contributed by atoms with Crippen LogP contribution >= 0.6 is 0 Å². The van der Waals surface area contributed by atoms with Crippen molar-refractivity contribution in [3.8, 4) is 0 Å². The predicted molar refractivity (Wildman–Crippen MR) is 104 cm³/mol. The van der Waals surface area contributed by atoms with E-state index in [4.69, 9.17) is 15.7 Å². The molecule has 158 valence electrons. The molecule has 1 saturated carbocycles. The Morgan fingerprint density at radius 3 is 2.69 bits per heavy atom. The van der Waals surface area contributed by atoms with Crippen molar-refractivity contribution in [2.75, 3.05) is 11.4 Å². The highest BCUT2D eigenvalue weighted by Gasteiger charge is 2.44. The predicted octanol–water partition coefficient (Wildman–Crippen LogP) is 1.51. The number of hydrogen-bond acceptors (Lipinski definition) is 6. The van der Waals surface area contributed by atoms with Gasteiger partial charge in [0.15, 0.2) is 0 Å². The summed E-state index contributed by atoms with van der Waals surface area (Å²) in [4.78, 5) is 28.9. The minimum atomic E-state index is -0.578. The number of nitrogens with zero attached hydrogens (tertiary/aromatic N) is 5. The molecule has 1 aliphatic carbocycles. The summed E-state index contributed by atoms with van der Waals surface area (Å²) in [5.41, 5.74) is 6.60. The monoisotopic (exact) mass is 404 g/mol. The molecule has 3 N–H and O–H groups in total. The van der Waals surface area contributed by atoms with Crippen LogP contribution < -0.4 is 10.6 Å². The van der Waals surface area contributed by atoms with E-state index in [1.165, 1.54) is 0 Å². The number of aromatic nitrogens is 2. The number of anilines is 1. The number of amides is 2. The van der Waals surface area contributed by atoms with Gasteiger partial charge in [-0.15, -0.1) is 0 Å². The molecule has 10 heteroatoms. The molecule has 1 aromatic rings. The molecule has 2 unspecified atom stereocenters. The molecule has 2 amide bonds. The Kier molecular flexibility index (Phi) is 4.66. The fourth-order valence-corrected chi connectivity index (χ4v) is 4.13. The number of amidine groups is 1. The van der Waals surface area contributed by atoms with E-state index in [9.17, 15) is 9.59 Å². The number of ether oxygens (including phenoxy) is 1. The highest BCUT2D eigenvalue weighted by Crippen LogP contribution is 2.41. The largest absolute Gasteiger partial charge is 0.444 e. The summed E-state index contributed by atoms with van der Waals surface area (Å²) < 4.78 is 7.54. The second-order valence-electron chi connectivity index (χ2n) is 9.10. The van der Waals surface area contributed by atoms with Crippen LogP contribution in [0.5, 0.6) is 0 Å². The molecule has 0 radical (unpaired) electrons. The summed E-state index contributed by atoms with van der Waals surface area (Å²) in [6.45, 7) is 6.81. The highest BCUT2D eigenvalue weighted by molar-refractivity contribution is 6.01. The van der Waals surface area contributed by atoms with E-state index in [0.29, 0.717) is 31.2 Å². The maximum Gasteiger partial charge on any atom is 0.410 e. The first kappa shape index (κ1) is 19.5. The van der Waals surface area contributed by atoms with Crippen LogP contribution in [-0.4, -0.2) is 55.9 Å². The summed E-state index contributed by atoms with van der Waals surface area (Å²) in [7, 11) is 0. The lowest BCUT2D eigenvalue weighted by molar-refractivity contribution is -0.117. The second kappa shape index (κ2) is 6.93. The number of oxime groups is 1. The van der Waals surface area contributed by atoms with E-state index in [2.05, 4.69) is 10.3 Å². The minimum Gasteiger partial charge on any atom is -0.444 e. The van der Waals surface area contributed by atoms with Crippen molar-refractivity contribution in [3.63, 3.8) is 0 Å². The Hall–Kier alpha value is -2.78. The van der Waals surface area contributed by atoms with E-state index >= 15 is 0 Å². The maximum absolute atomic E-state index is 12.9. The third kappa shape index (κ3) is 3.75. The van der Waals surface area contributed by atoms with Crippen molar-refractivity contribution >= 4 is 23.5 Å². The quantitative estimate of drug-likeness (QED) is 0.340. The number of carbonyl (C=O) groups is 2. The van der Waals surface area contributed by atoms with E-state index in [1.54, 1.807) is 16.0 Å². The molecule has 2 fully saturated rings. The summed E-state index contributed by atoms with van der Waals surface area (Å²) >= 11 is 0. The van der Waals surface area contributed by atoms with Crippen molar-refractivity contribution in [2.45, 2.75) is 64.8 Å². The van der Waals surface area contributed by atoms with Crippen molar-refractivity contribution in [2.24, 2.45) is 22.7 Å². The van der Waals surface area contributed by atoms with Crippen molar-refractivity contribution in [3.05, 3.63) is 11.9 Å². The van der Waals surface area contributed by atoms with Gasteiger partial charge >= 0.3 is 6.09 Å². The van der Waals surface area contributed by atoms with Crippen LogP contribution in [0.2, 0.25) is 0 Å². The summed E-state index contributed by atoms with van der Waals surface area (Å²) in [6, 6.07) is 0.0456. The van der Waals surface area contributed by atoms with Gasteiger partial charge in [0.2, 0.25) is 5.91 Å². The second-order valence-corrected chi connectivity index (χ2v) is 9.10. The Morgan fingerprint density at radius 2 is 2.07 bits per heavy atom. The van der Waals surface area contributed by atoms with Gasteiger partial charge in [-0.05, 0) is 39.5 Å². The van der Waals surface area contributed by atoms with Gasteiger partial charge in [0.25, 0.3) is 0 Å². The van der Waals surface area contributed by atoms with Gasteiger partial charge < -0.3 is 20.6 Å². The number of rotatable bonds is 3.